The zero-order chi connectivity index (χ0) is 6.27. The van der Waals surface area contributed by atoms with E-state index in [9.17, 15) is 0 Å². The molecule has 2 aliphatic rings. The summed E-state index contributed by atoms with van der Waals surface area (Å²) in [5.74, 6) is 0.736. The third-order valence-corrected chi connectivity index (χ3v) is 1.54. The molecule has 9 heavy (non-hydrogen) atoms. The Balaban J connectivity index is 2.53. The number of aliphatic imine (C=N–C) groups is 2. The van der Waals surface area contributed by atoms with Gasteiger partial charge in [-0.3, -0.25) is 0 Å². The zero-order valence-electron chi connectivity index (χ0n) is 4.50. The second kappa shape index (κ2) is 1.54. The van der Waals surface area contributed by atoms with Gasteiger partial charge in [0.1, 0.15) is 0 Å². The summed E-state index contributed by atoms with van der Waals surface area (Å²) in [5, 5.41) is 0.683. The summed E-state index contributed by atoms with van der Waals surface area (Å²) >= 11 is 5.71. The third kappa shape index (κ3) is 0.566. The fraction of sp³-hybridized carbons (Fsp3) is 0. The highest BCUT2D eigenvalue weighted by atomic mass is 35.5. The van der Waals surface area contributed by atoms with Gasteiger partial charge in [0.05, 0.1) is 5.03 Å². The lowest BCUT2D eigenvalue weighted by Crippen LogP contribution is -1.87. The molecular weight excluding hydrogens is 136 g/mol. The van der Waals surface area contributed by atoms with Crippen molar-refractivity contribution in [3.8, 4) is 0 Å². The van der Waals surface area contributed by atoms with E-state index in [1.165, 1.54) is 0 Å². The van der Waals surface area contributed by atoms with Crippen LogP contribution in [0.25, 0.3) is 0 Å². The minimum atomic E-state index is 0.683. The van der Waals surface area contributed by atoms with Crippen LogP contribution in [0.4, 0.5) is 0 Å². The van der Waals surface area contributed by atoms with Crippen molar-refractivity contribution in [3.05, 3.63) is 22.9 Å². The number of hydrogen-bond acceptors (Lipinski definition) is 2. The van der Waals surface area contributed by atoms with Crippen molar-refractivity contribution >= 4 is 23.7 Å². The lowest BCUT2D eigenvalue weighted by molar-refractivity contribution is 1.57. The highest BCUT2D eigenvalue weighted by molar-refractivity contribution is 6.38. The summed E-state index contributed by atoms with van der Waals surface area (Å²) in [6, 6.07) is 0. The first-order valence-electron chi connectivity index (χ1n) is 2.56. The van der Waals surface area contributed by atoms with E-state index in [0.717, 1.165) is 11.4 Å². The number of nitrogens with zero attached hydrogens (tertiary/aromatic N) is 2. The van der Waals surface area contributed by atoms with Crippen LogP contribution < -0.4 is 0 Å². The average Bonchev–Trinajstić information content (AvgIpc) is 2.35. The van der Waals surface area contributed by atoms with Gasteiger partial charge >= 0.3 is 0 Å². The first-order valence-corrected chi connectivity index (χ1v) is 2.94. The molecule has 0 unspecified atom stereocenters. The maximum atomic E-state index is 5.71. The molecule has 3 heteroatoms. The Bertz CT molecular complexity index is 271. The molecule has 2 heterocycles. The molecule has 0 saturated carbocycles. The second-order valence-corrected chi connectivity index (χ2v) is 2.20. The Morgan fingerprint density at radius 3 is 3.11 bits per heavy atom. The molecule has 0 radical (unpaired) electrons. The van der Waals surface area contributed by atoms with Gasteiger partial charge in [0, 0.05) is 18.0 Å². The van der Waals surface area contributed by atoms with E-state index in [2.05, 4.69) is 9.98 Å². The summed E-state index contributed by atoms with van der Waals surface area (Å²) in [5.41, 5.74) is 0.941. The van der Waals surface area contributed by atoms with Crippen LogP contribution >= 0.6 is 11.6 Å². The molecule has 0 amide bonds. The smallest absolute Gasteiger partial charge is 0.160 e. The van der Waals surface area contributed by atoms with Crippen LogP contribution in [0.2, 0.25) is 0 Å². The molecule has 0 bridgehead atoms. The van der Waals surface area contributed by atoms with Gasteiger partial charge < -0.3 is 0 Å². The van der Waals surface area contributed by atoms with Gasteiger partial charge in [0.2, 0.25) is 0 Å². The fourth-order valence-corrected chi connectivity index (χ4v) is 0.999. The van der Waals surface area contributed by atoms with E-state index in [0.29, 0.717) is 5.03 Å². The van der Waals surface area contributed by atoms with Gasteiger partial charge in [-0.2, -0.15) is 0 Å². The van der Waals surface area contributed by atoms with E-state index >= 15 is 0 Å². The van der Waals surface area contributed by atoms with E-state index in [-0.39, 0.29) is 0 Å². The summed E-state index contributed by atoms with van der Waals surface area (Å²) in [6.07, 6.45) is 5.16. The van der Waals surface area contributed by atoms with Gasteiger partial charge in [0.15, 0.2) is 5.84 Å². The molecule has 2 nitrogen and oxygen atoms in total. The Labute approximate surface area is 57.3 Å². The Morgan fingerprint density at radius 2 is 2.33 bits per heavy atom. The first kappa shape index (κ1) is 4.94. The number of rotatable bonds is 0. The van der Waals surface area contributed by atoms with E-state index in [1.54, 1.807) is 12.4 Å². The molecule has 2 aliphatic heterocycles. The molecule has 0 saturated heterocycles. The molecule has 0 spiro atoms. The number of halogens is 1. The monoisotopic (exact) mass is 138 g/mol. The highest BCUT2D eigenvalue weighted by Crippen LogP contribution is 2.24. The van der Waals surface area contributed by atoms with Crippen LogP contribution in [0.3, 0.4) is 0 Å². The normalized spacial score (nSPS) is 21.2. The Hall–Kier alpha value is -0.890. The quantitative estimate of drug-likeness (QED) is 0.485. The maximum Gasteiger partial charge on any atom is 0.160 e. The minimum Gasteiger partial charge on any atom is -0.237 e. The molecule has 44 valence electrons. The SMILES string of the molecule is ClC1=CN=C2N=CC=C12. The lowest BCUT2D eigenvalue weighted by atomic mass is 10.3. The van der Waals surface area contributed by atoms with Crippen molar-refractivity contribution in [1.29, 1.82) is 0 Å². The number of allylic oxidation sites excluding steroid dienone is 1. The summed E-state index contributed by atoms with van der Waals surface area (Å²) < 4.78 is 0. The van der Waals surface area contributed by atoms with Crippen LogP contribution in [0, 0.1) is 0 Å². The van der Waals surface area contributed by atoms with Crippen LogP contribution in [0.15, 0.2) is 32.9 Å². The number of amidine groups is 1. The Kier molecular flexibility index (Phi) is 0.848. The van der Waals surface area contributed by atoms with Gasteiger partial charge in [-0.05, 0) is 6.08 Å². The molecule has 0 aromatic heterocycles. The van der Waals surface area contributed by atoms with Gasteiger partial charge in [0.25, 0.3) is 0 Å². The second-order valence-electron chi connectivity index (χ2n) is 1.79. The maximum absolute atomic E-state index is 5.71. The molecule has 0 atom stereocenters. The number of fused-ring (bicyclic) bond motifs is 1. The van der Waals surface area contributed by atoms with Gasteiger partial charge in [-0.1, -0.05) is 11.6 Å². The lowest BCUT2D eigenvalue weighted by Gasteiger charge is -1.87. The molecule has 2 rings (SSSR count). The molecule has 0 N–H and O–H groups in total. The van der Waals surface area contributed by atoms with E-state index in [1.807, 2.05) is 6.08 Å². The topological polar surface area (TPSA) is 24.7 Å². The summed E-state index contributed by atoms with van der Waals surface area (Å²) in [6.45, 7) is 0. The summed E-state index contributed by atoms with van der Waals surface area (Å²) in [7, 11) is 0. The summed E-state index contributed by atoms with van der Waals surface area (Å²) in [4.78, 5) is 7.88. The predicted octanol–water partition coefficient (Wildman–Crippen LogP) is 1.49. The van der Waals surface area contributed by atoms with Crippen molar-refractivity contribution < 1.29 is 0 Å². The molecular formula is C6H3ClN2. The van der Waals surface area contributed by atoms with Crippen molar-refractivity contribution in [1.82, 2.24) is 0 Å². The van der Waals surface area contributed by atoms with Crippen LogP contribution in [-0.4, -0.2) is 12.1 Å². The first-order chi connectivity index (χ1) is 4.38. The predicted molar refractivity (Wildman–Crippen MR) is 37.9 cm³/mol. The standard InChI is InChI=1S/C6H3ClN2/c7-5-3-9-6-4(5)1-2-8-6/h1-3H. The molecule has 0 aromatic rings. The van der Waals surface area contributed by atoms with Crippen molar-refractivity contribution in [2.75, 3.05) is 0 Å². The molecule has 0 aromatic carbocycles. The molecule has 0 fully saturated rings. The van der Waals surface area contributed by atoms with Gasteiger partial charge in [-0.15, -0.1) is 0 Å². The zero-order valence-corrected chi connectivity index (χ0v) is 5.26. The highest BCUT2D eigenvalue weighted by Gasteiger charge is 2.16. The van der Waals surface area contributed by atoms with Crippen molar-refractivity contribution in [2.45, 2.75) is 0 Å². The van der Waals surface area contributed by atoms with Crippen LogP contribution in [0.5, 0.6) is 0 Å². The van der Waals surface area contributed by atoms with E-state index < -0.39 is 0 Å². The number of hydrogen-bond donors (Lipinski definition) is 0. The van der Waals surface area contributed by atoms with Crippen molar-refractivity contribution in [3.63, 3.8) is 0 Å². The van der Waals surface area contributed by atoms with Crippen LogP contribution in [-0.2, 0) is 0 Å². The van der Waals surface area contributed by atoms with E-state index in [4.69, 9.17) is 11.6 Å². The fourth-order valence-electron chi connectivity index (χ4n) is 0.803. The Morgan fingerprint density at radius 1 is 1.44 bits per heavy atom. The largest absolute Gasteiger partial charge is 0.237 e. The van der Waals surface area contributed by atoms with Gasteiger partial charge in [-0.25, -0.2) is 9.98 Å². The molecule has 0 aliphatic carbocycles. The van der Waals surface area contributed by atoms with Crippen molar-refractivity contribution in [2.24, 2.45) is 9.98 Å². The minimum absolute atomic E-state index is 0.683. The van der Waals surface area contributed by atoms with Crippen LogP contribution in [0.1, 0.15) is 0 Å². The average molecular weight is 139 g/mol. The third-order valence-electron chi connectivity index (χ3n) is 1.24.